The first-order valence-electron chi connectivity index (χ1n) is 6.51. The Morgan fingerprint density at radius 1 is 1.47 bits per heavy atom. The van der Waals surface area contributed by atoms with Gasteiger partial charge in [0.2, 0.25) is 5.88 Å². The van der Waals surface area contributed by atoms with E-state index in [-0.39, 0.29) is 6.10 Å². The van der Waals surface area contributed by atoms with Crippen LogP contribution in [0.5, 0.6) is 5.88 Å². The van der Waals surface area contributed by atoms with E-state index in [1.807, 2.05) is 20.0 Å². The Hall–Kier alpha value is -1.03. The van der Waals surface area contributed by atoms with E-state index in [1.165, 1.54) is 6.42 Å². The Bertz CT molecular complexity index is 322. The average Bonchev–Trinajstić information content (AvgIpc) is 2.57. The lowest BCUT2D eigenvalue weighted by atomic mass is 10.2. The van der Waals surface area contributed by atoms with Gasteiger partial charge in [0.1, 0.15) is 0 Å². The van der Waals surface area contributed by atoms with Crippen LogP contribution in [0.1, 0.15) is 38.8 Å². The van der Waals surface area contributed by atoms with Crippen molar-refractivity contribution in [3.05, 3.63) is 11.8 Å². The molecule has 0 aliphatic heterocycles. The zero-order valence-corrected chi connectivity index (χ0v) is 11.5. The first-order valence-corrected chi connectivity index (χ1v) is 6.51. The Morgan fingerprint density at radius 3 is 2.82 bits per heavy atom. The summed E-state index contributed by atoms with van der Waals surface area (Å²) in [6.07, 6.45) is 3.66. The second-order valence-electron chi connectivity index (χ2n) is 4.57. The SMILES string of the molecule is CCCNCCCC(C)Oc1cc(C)nn1C. The molecular formula is C13H25N3O. The molecule has 0 bridgehead atoms. The Labute approximate surface area is 104 Å². The van der Waals surface area contributed by atoms with Crippen molar-refractivity contribution in [3.8, 4) is 5.88 Å². The summed E-state index contributed by atoms with van der Waals surface area (Å²) in [6.45, 7) is 8.46. The summed E-state index contributed by atoms with van der Waals surface area (Å²) in [4.78, 5) is 0. The molecule has 1 atom stereocenters. The van der Waals surface area contributed by atoms with E-state index in [0.717, 1.165) is 37.5 Å². The fourth-order valence-electron chi connectivity index (χ4n) is 1.78. The molecule has 1 aromatic heterocycles. The third-order valence-corrected chi connectivity index (χ3v) is 2.67. The summed E-state index contributed by atoms with van der Waals surface area (Å²) < 4.78 is 7.64. The minimum absolute atomic E-state index is 0.244. The monoisotopic (exact) mass is 239 g/mol. The van der Waals surface area contributed by atoms with Crippen molar-refractivity contribution >= 4 is 0 Å². The molecule has 98 valence electrons. The number of nitrogens with one attached hydrogen (secondary N) is 1. The van der Waals surface area contributed by atoms with Crippen LogP contribution in [0.25, 0.3) is 0 Å². The summed E-state index contributed by atoms with van der Waals surface area (Å²) >= 11 is 0. The van der Waals surface area contributed by atoms with Gasteiger partial charge in [-0.1, -0.05) is 6.92 Å². The summed E-state index contributed by atoms with van der Waals surface area (Å²) in [5, 5.41) is 7.66. The van der Waals surface area contributed by atoms with Crippen LogP contribution in [0.15, 0.2) is 6.07 Å². The van der Waals surface area contributed by atoms with E-state index in [9.17, 15) is 0 Å². The van der Waals surface area contributed by atoms with Crippen LogP contribution in [0.2, 0.25) is 0 Å². The molecule has 0 amide bonds. The highest BCUT2D eigenvalue weighted by Crippen LogP contribution is 2.14. The van der Waals surface area contributed by atoms with Gasteiger partial charge in [0.05, 0.1) is 11.8 Å². The highest BCUT2D eigenvalue weighted by atomic mass is 16.5. The molecule has 1 heterocycles. The molecule has 17 heavy (non-hydrogen) atoms. The molecule has 0 aliphatic carbocycles. The van der Waals surface area contributed by atoms with Gasteiger partial charge in [-0.05, 0) is 46.2 Å². The number of nitrogens with zero attached hydrogens (tertiary/aromatic N) is 2. The number of ether oxygens (including phenoxy) is 1. The Balaban J connectivity index is 2.20. The van der Waals surface area contributed by atoms with Gasteiger partial charge >= 0.3 is 0 Å². The quantitative estimate of drug-likeness (QED) is 0.707. The molecule has 0 fully saturated rings. The van der Waals surface area contributed by atoms with E-state index in [1.54, 1.807) is 4.68 Å². The molecule has 0 aromatic carbocycles. The average molecular weight is 239 g/mol. The highest BCUT2D eigenvalue weighted by Gasteiger charge is 2.08. The van der Waals surface area contributed by atoms with Gasteiger partial charge in [0.25, 0.3) is 0 Å². The maximum atomic E-state index is 5.85. The van der Waals surface area contributed by atoms with Crippen molar-refractivity contribution in [3.63, 3.8) is 0 Å². The van der Waals surface area contributed by atoms with E-state index in [4.69, 9.17) is 4.74 Å². The molecule has 1 aromatic rings. The third-order valence-electron chi connectivity index (χ3n) is 2.67. The van der Waals surface area contributed by atoms with Crippen LogP contribution in [-0.4, -0.2) is 29.0 Å². The number of aryl methyl sites for hydroxylation is 2. The van der Waals surface area contributed by atoms with Crippen molar-refractivity contribution in [1.82, 2.24) is 15.1 Å². The van der Waals surface area contributed by atoms with Crippen molar-refractivity contribution in [2.75, 3.05) is 13.1 Å². The van der Waals surface area contributed by atoms with Gasteiger partial charge in [0.15, 0.2) is 0 Å². The van der Waals surface area contributed by atoms with E-state index in [2.05, 4.69) is 24.3 Å². The van der Waals surface area contributed by atoms with Crippen LogP contribution < -0.4 is 10.1 Å². The van der Waals surface area contributed by atoms with Crippen LogP contribution in [0.3, 0.4) is 0 Å². The summed E-state index contributed by atoms with van der Waals surface area (Å²) in [5.41, 5.74) is 0.999. The summed E-state index contributed by atoms with van der Waals surface area (Å²) in [7, 11) is 1.91. The molecule has 0 saturated heterocycles. The van der Waals surface area contributed by atoms with Gasteiger partial charge in [-0.15, -0.1) is 0 Å². The van der Waals surface area contributed by atoms with Crippen molar-refractivity contribution < 1.29 is 4.74 Å². The Morgan fingerprint density at radius 2 is 2.24 bits per heavy atom. The van der Waals surface area contributed by atoms with E-state index >= 15 is 0 Å². The molecule has 1 unspecified atom stereocenters. The molecule has 1 rings (SSSR count). The molecular weight excluding hydrogens is 214 g/mol. The molecule has 1 N–H and O–H groups in total. The molecule has 0 saturated carbocycles. The molecule has 0 radical (unpaired) electrons. The number of hydrogen-bond acceptors (Lipinski definition) is 3. The second-order valence-corrected chi connectivity index (χ2v) is 4.57. The number of aromatic nitrogens is 2. The lowest BCUT2D eigenvalue weighted by molar-refractivity contribution is 0.190. The molecule has 4 nitrogen and oxygen atoms in total. The van der Waals surface area contributed by atoms with Gasteiger partial charge in [-0.3, -0.25) is 0 Å². The fourth-order valence-corrected chi connectivity index (χ4v) is 1.78. The maximum absolute atomic E-state index is 5.85. The van der Waals surface area contributed by atoms with E-state index in [0.29, 0.717) is 0 Å². The van der Waals surface area contributed by atoms with Crippen molar-refractivity contribution in [1.29, 1.82) is 0 Å². The first-order chi connectivity index (χ1) is 8.13. The standard InChI is InChI=1S/C13H25N3O/c1-5-8-14-9-6-7-12(3)17-13-10-11(2)15-16(13)4/h10,12,14H,5-9H2,1-4H3. The minimum Gasteiger partial charge on any atom is -0.475 e. The smallest absolute Gasteiger partial charge is 0.211 e. The zero-order chi connectivity index (χ0) is 12.7. The predicted molar refractivity (Wildman–Crippen MR) is 70.4 cm³/mol. The topological polar surface area (TPSA) is 39.1 Å². The zero-order valence-electron chi connectivity index (χ0n) is 11.5. The van der Waals surface area contributed by atoms with Gasteiger partial charge in [-0.25, -0.2) is 4.68 Å². The normalized spacial score (nSPS) is 12.7. The minimum atomic E-state index is 0.244. The van der Waals surface area contributed by atoms with E-state index < -0.39 is 0 Å². The largest absolute Gasteiger partial charge is 0.475 e. The maximum Gasteiger partial charge on any atom is 0.211 e. The van der Waals surface area contributed by atoms with Crippen LogP contribution in [0, 0.1) is 6.92 Å². The first kappa shape index (κ1) is 14.0. The van der Waals surface area contributed by atoms with Crippen molar-refractivity contribution in [2.24, 2.45) is 7.05 Å². The Kier molecular flexibility index (Phi) is 6.05. The molecule has 0 spiro atoms. The van der Waals surface area contributed by atoms with Crippen LogP contribution in [0.4, 0.5) is 0 Å². The van der Waals surface area contributed by atoms with Gasteiger partial charge in [-0.2, -0.15) is 5.10 Å². The van der Waals surface area contributed by atoms with Gasteiger partial charge < -0.3 is 10.1 Å². The summed E-state index contributed by atoms with van der Waals surface area (Å²) in [6, 6.07) is 1.98. The third kappa shape index (κ3) is 5.22. The molecule has 0 aliphatic rings. The predicted octanol–water partition coefficient (Wildman–Crippen LogP) is 2.28. The summed E-state index contributed by atoms with van der Waals surface area (Å²) in [5.74, 6) is 0.858. The fraction of sp³-hybridized carbons (Fsp3) is 0.769. The highest BCUT2D eigenvalue weighted by molar-refractivity contribution is 5.14. The van der Waals surface area contributed by atoms with Crippen LogP contribution >= 0.6 is 0 Å². The number of hydrogen-bond donors (Lipinski definition) is 1. The van der Waals surface area contributed by atoms with Crippen molar-refractivity contribution in [2.45, 2.75) is 46.1 Å². The lowest BCUT2D eigenvalue weighted by Crippen LogP contribution is -2.19. The van der Waals surface area contributed by atoms with Crippen LogP contribution in [-0.2, 0) is 7.05 Å². The lowest BCUT2D eigenvalue weighted by Gasteiger charge is -2.14. The number of rotatable bonds is 8. The van der Waals surface area contributed by atoms with Gasteiger partial charge in [0, 0.05) is 13.1 Å². The second kappa shape index (κ2) is 7.33. The molecule has 4 heteroatoms.